The quantitative estimate of drug-likeness (QED) is 0.108. The van der Waals surface area contributed by atoms with E-state index in [1.807, 2.05) is 0 Å². The Kier molecular flexibility index (Phi) is 18.7. The van der Waals surface area contributed by atoms with E-state index in [2.05, 4.69) is 35.1 Å². The second-order valence-electron chi connectivity index (χ2n) is 9.15. The number of carbonyl (C=O) groups excluding carboxylic acids is 4. The number of nitrogens with one attached hydrogen (secondary N) is 4. The predicted octanol–water partition coefficient (Wildman–Crippen LogP) is 4.82. The SMILES string of the molecule is CCCCCCCCNC(=O)NCC(=O)Oc1ccccc1OC(=O)CNC(=O)NCCCCCCCC. The monoisotopic (exact) mass is 534 g/mol. The molecule has 1 rings (SSSR count). The van der Waals surface area contributed by atoms with E-state index < -0.39 is 24.0 Å². The Morgan fingerprint density at radius 1 is 0.553 bits per heavy atom. The lowest BCUT2D eigenvalue weighted by Gasteiger charge is -2.12. The molecule has 214 valence electrons. The number of ether oxygens (including phenoxy) is 2. The van der Waals surface area contributed by atoms with Gasteiger partial charge in [0.15, 0.2) is 11.5 Å². The minimum absolute atomic E-state index is 0.0349. The van der Waals surface area contributed by atoms with Crippen molar-refractivity contribution in [2.24, 2.45) is 0 Å². The molecule has 0 radical (unpaired) electrons. The Hall–Kier alpha value is -3.30. The van der Waals surface area contributed by atoms with E-state index in [9.17, 15) is 19.2 Å². The highest BCUT2D eigenvalue weighted by atomic mass is 16.6. The predicted molar refractivity (Wildman–Crippen MR) is 147 cm³/mol. The summed E-state index contributed by atoms with van der Waals surface area (Å²) in [5, 5.41) is 10.3. The molecule has 10 nitrogen and oxygen atoms in total. The third-order valence-corrected chi connectivity index (χ3v) is 5.72. The van der Waals surface area contributed by atoms with Crippen molar-refractivity contribution < 1.29 is 28.7 Å². The zero-order chi connectivity index (χ0) is 27.8. The largest absolute Gasteiger partial charge is 0.421 e. The lowest BCUT2D eigenvalue weighted by Crippen LogP contribution is -2.40. The molecule has 0 aromatic heterocycles. The Morgan fingerprint density at radius 2 is 0.921 bits per heavy atom. The summed E-state index contributed by atoms with van der Waals surface area (Å²) in [5.74, 6) is -1.36. The summed E-state index contributed by atoms with van der Waals surface area (Å²) in [6, 6.07) is 5.29. The van der Waals surface area contributed by atoms with Crippen LogP contribution in [0.5, 0.6) is 11.5 Å². The van der Waals surface area contributed by atoms with Gasteiger partial charge in [-0.1, -0.05) is 90.2 Å². The first-order chi connectivity index (χ1) is 18.5. The maximum absolute atomic E-state index is 12.2. The second kappa shape index (κ2) is 21.8. The molecule has 4 amide bonds. The van der Waals surface area contributed by atoms with Crippen molar-refractivity contribution in [3.63, 3.8) is 0 Å². The van der Waals surface area contributed by atoms with Gasteiger partial charge in [-0.3, -0.25) is 0 Å². The number of benzene rings is 1. The van der Waals surface area contributed by atoms with Crippen molar-refractivity contribution >= 4 is 24.0 Å². The maximum atomic E-state index is 12.2. The standard InChI is InChI=1S/C28H46N4O6/c1-3-5-7-9-11-15-19-29-27(35)31-21-25(33)37-23-17-13-14-18-24(23)38-26(34)22-32-28(36)30-20-16-12-10-8-6-4-2/h13-14,17-18H,3-12,15-16,19-22H2,1-2H3,(H2,29,31,35)(H2,30,32,36). The molecular formula is C28H46N4O6. The summed E-state index contributed by atoms with van der Waals surface area (Å²) in [7, 11) is 0. The summed E-state index contributed by atoms with van der Waals surface area (Å²) >= 11 is 0. The van der Waals surface area contributed by atoms with E-state index in [1.165, 1.54) is 50.7 Å². The zero-order valence-corrected chi connectivity index (χ0v) is 23.1. The van der Waals surface area contributed by atoms with Gasteiger partial charge in [-0.2, -0.15) is 0 Å². The number of unbranched alkanes of at least 4 members (excludes halogenated alkanes) is 10. The lowest BCUT2D eigenvalue weighted by atomic mass is 10.1. The number of amides is 4. The van der Waals surface area contributed by atoms with Crippen molar-refractivity contribution in [3.8, 4) is 11.5 Å². The fourth-order valence-electron chi connectivity index (χ4n) is 3.58. The highest BCUT2D eigenvalue weighted by molar-refractivity contribution is 5.83. The van der Waals surface area contributed by atoms with Crippen LogP contribution >= 0.6 is 0 Å². The average Bonchev–Trinajstić information content (AvgIpc) is 2.91. The van der Waals surface area contributed by atoms with Gasteiger partial charge in [-0.15, -0.1) is 0 Å². The fourth-order valence-corrected chi connectivity index (χ4v) is 3.58. The minimum atomic E-state index is -0.713. The molecule has 0 heterocycles. The molecule has 0 atom stereocenters. The molecule has 1 aromatic carbocycles. The number of hydrogen-bond donors (Lipinski definition) is 4. The summed E-state index contributed by atoms with van der Waals surface area (Å²) in [6.07, 6.45) is 13.4. The van der Waals surface area contributed by atoms with Crippen molar-refractivity contribution in [3.05, 3.63) is 24.3 Å². The molecule has 0 aliphatic carbocycles. The average molecular weight is 535 g/mol. The highest BCUT2D eigenvalue weighted by Crippen LogP contribution is 2.26. The van der Waals surface area contributed by atoms with E-state index >= 15 is 0 Å². The van der Waals surface area contributed by atoms with Gasteiger partial charge >= 0.3 is 24.0 Å². The van der Waals surface area contributed by atoms with Crippen LogP contribution in [0, 0.1) is 0 Å². The van der Waals surface area contributed by atoms with E-state index in [1.54, 1.807) is 12.1 Å². The van der Waals surface area contributed by atoms with Gasteiger partial charge < -0.3 is 30.7 Å². The van der Waals surface area contributed by atoms with E-state index in [-0.39, 0.29) is 24.6 Å². The van der Waals surface area contributed by atoms with Crippen LogP contribution < -0.4 is 30.7 Å². The van der Waals surface area contributed by atoms with Crippen LogP contribution in [0.25, 0.3) is 0 Å². The van der Waals surface area contributed by atoms with Crippen LogP contribution in [0.15, 0.2) is 24.3 Å². The van der Waals surface area contributed by atoms with Gasteiger partial charge in [0, 0.05) is 13.1 Å². The molecular weight excluding hydrogens is 488 g/mol. The summed E-state index contributed by atoms with van der Waals surface area (Å²) in [6.45, 7) is 4.73. The summed E-state index contributed by atoms with van der Waals surface area (Å²) in [5.41, 5.74) is 0. The first-order valence-electron chi connectivity index (χ1n) is 14.0. The molecule has 0 fully saturated rings. The molecule has 0 saturated carbocycles. The summed E-state index contributed by atoms with van der Waals surface area (Å²) < 4.78 is 10.5. The number of esters is 2. The summed E-state index contributed by atoms with van der Waals surface area (Å²) in [4.78, 5) is 48.1. The van der Waals surface area contributed by atoms with Gasteiger partial charge in [-0.25, -0.2) is 19.2 Å². The van der Waals surface area contributed by atoms with Crippen LogP contribution in [0.1, 0.15) is 90.9 Å². The third kappa shape index (κ3) is 17.2. The van der Waals surface area contributed by atoms with Gasteiger partial charge in [0.2, 0.25) is 0 Å². The zero-order valence-electron chi connectivity index (χ0n) is 23.1. The number of hydrogen-bond acceptors (Lipinski definition) is 6. The molecule has 4 N–H and O–H groups in total. The van der Waals surface area contributed by atoms with Crippen LogP contribution in [0.3, 0.4) is 0 Å². The van der Waals surface area contributed by atoms with Gasteiger partial charge in [0.1, 0.15) is 13.1 Å². The van der Waals surface area contributed by atoms with Crippen LogP contribution in [-0.2, 0) is 9.59 Å². The number of para-hydroxylation sites is 2. The van der Waals surface area contributed by atoms with Gasteiger partial charge in [0.05, 0.1) is 0 Å². The fraction of sp³-hybridized carbons (Fsp3) is 0.643. The highest BCUT2D eigenvalue weighted by Gasteiger charge is 2.15. The van der Waals surface area contributed by atoms with Crippen molar-refractivity contribution in [1.82, 2.24) is 21.3 Å². The molecule has 1 aromatic rings. The third-order valence-electron chi connectivity index (χ3n) is 5.72. The first-order valence-corrected chi connectivity index (χ1v) is 14.0. The van der Waals surface area contributed by atoms with E-state index in [0.29, 0.717) is 13.1 Å². The topological polar surface area (TPSA) is 135 Å². The van der Waals surface area contributed by atoms with E-state index in [0.717, 1.165) is 38.5 Å². The molecule has 0 spiro atoms. The molecule has 0 saturated heterocycles. The Morgan fingerprint density at radius 3 is 1.32 bits per heavy atom. The first kappa shape index (κ1) is 32.7. The van der Waals surface area contributed by atoms with Crippen molar-refractivity contribution in [1.29, 1.82) is 0 Å². The van der Waals surface area contributed by atoms with Gasteiger partial charge in [0.25, 0.3) is 0 Å². The van der Waals surface area contributed by atoms with E-state index in [4.69, 9.17) is 9.47 Å². The number of urea groups is 2. The van der Waals surface area contributed by atoms with Gasteiger partial charge in [-0.05, 0) is 25.0 Å². The molecule has 0 aliphatic heterocycles. The molecule has 0 bridgehead atoms. The number of rotatable bonds is 20. The molecule has 0 aliphatic rings. The van der Waals surface area contributed by atoms with Crippen LogP contribution in [-0.4, -0.2) is 50.2 Å². The normalized spacial score (nSPS) is 10.4. The van der Waals surface area contributed by atoms with Crippen molar-refractivity contribution in [2.45, 2.75) is 90.9 Å². The lowest BCUT2D eigenvalue weighted by molar-refractivity contribution is -0.136. The molecule has 0 unspecified atom stereocenters. The van der Waals surface area contributed by atoms with Crippen molar-refractivity contribution in [2.75, 3.05) is 26.2 Å². The van der Waals surface area contributed by atoms with Crippen LogP contribution in [0.4, 0.5) is 9.59 Å². The Bertz CT molecular complexity index is 766. The molecule has 38 heavy (non-hydrogen) atoms. The minimum Gasteiger partial charge on any atom is -0.421 e. The molecule has 10 heteroatoms. The maximum Gasteiger partial charge on any atom is 0.331 e. The Balaban J connectivity index is 2.28. The number of carbonyl (C=O) groups is 4. The Labute approximate surface area is 227 Å². The smallest absolute Gasteiger partial charge is 0.331 e. The second-order valence-corrected chi connectivity index (χ2v) is 9.15. The van der Waals surface area contributed by atoms with Crippen LogP contribution in [0.2, 0.25) is 0 Å².